The highest BCUT2D eigenvalue weighted by Gasteiger charge is 2.31. The zero-order valence-electron chi connectivity index (χ0n) is 20.4. The quantitative estimate of drug-likeness (QED) is 0.285. The summed E-state index contributed by atoms with van der Waals surface area (Å²) in [5.74, 6) is -0.190. The molecule has 1 N–H and O–H groups in total. The number of hydrogen-bond donors (Lipinski definition) is 1. The average molecular weight is 570 g/mol. The number of para-hydroxylation sites is 1. The number of carbonyl (C=O) groups excluding carboxylic acids is 1. The standard InChI is InChI=1S/C28H25Cl2N3O4S/c29-21-8-6-10-25(27(21)30)38(35,36)37-24-12-11-19(26-20(24)16-31-28(26)34)23-15-18-7-2-3-9-22(18)33(23)17-32-13-4-1-5-14-32/h2-3,6-12,15H,1,4-5,13-14,16-17H2,(H,31,34). The maximum absolute atomic E-state index is 13.1. The molecule has 196 valence electrons. The topological polar surface area (TPSA) is 80.6 Å². The Morgan fingerprint density at radius 3 is 2.55 bits per heavy atom. The maximum Gasteiger partial charge on any atom is 0.340 e. The Morgan fingerprint density at radius 2 is 1.74 bits per heavy atom. The van der Waals surface area contributed by atoms with Gasteiger partial charge in [-0.3, -0.25) is 9.69 Å². The van der Waals surface area contributed by atoms with Gasteiger partial charge in [-0.05, 0) is 62.3 Å². The third-order valence-corrected chi connectivity index (χ3v) is 9.39. The Labute approximate surface area is 231 Å². The van der Waals surface area contributed by atoms with Gasteiger partial charge in [0.1, 0.15) is 10.6 Å². The molecule has 4 aromatic rings. The molecule has 1 aromatic heterocycles. The number of benzene rings is 3. The molecule has 0 radical (unpaired) electrons. The smallest absolute Gasteiger partial charge is 0.340 e. The first kappa shape index (κ1) is 25.2. The number of nitrogens with zero attached hydrogens (tertiary/aromatic N) is 2. The lowest BCUT2D eigenvalue weighted by atomic mass is 9.99. The van der Waals surface area contributed by atoms with Crippen LogP contribution in [-0.4, -0.2) is 36.9 Å². The highest BCUT2D eigenvalue weighted by molar-refractivity contribution is 7.87. The van der Waals surface area contributed by atoms with Crippen molar-refractivity contribution in [1.29, 1.82) is 0 Å². The van der Waals surface area contributed by atoms with Gasteiger partial charge in [0, 0.05) is 28.6 Å². The molecule has 3 heterocycles. The van der Waals surface area contributed by atoms with Crippen LogP contribution in [0, 0.1) is 0 Å². The molecule has 3 aromatic carbocycles. The zero-order chi connectivity index (χ0) is 26.4. The number of amides is 1. The molecule has 2 aliphatic heterocycles. The van der Waals surface area contributed by atoms with Gasteiger partial charge in [0.15, 0.2) is 0 Å². The molecule has 0 saturated carbocycles. The van der Waals surface area contributed by atoms with Crippen molar-refractivity contribution in [3.05, 3.63) is 81.8 Å². The van der Waals surface area contributed by atoms with Crippen molar-refractivity contribution in [3.63, 3.8) is 0 Å². The Hall–Kier alpha value is -3.04. The predicted molar refractivity (Wildman–Crippen MR) is 148 cm³/mol. The second kappa shape index (κ2) is 9.93. The summed E-state index contributed by atoms with van der Waals surface area (Å²) in [6, 6.07) is 17.9. The van der Waals surface area contributed by atoms with Crippen LogP contribution in [0.15, 0.2) is 65.6 Å². The lowest BCUT2D eigenvalue weighted by molar-refractivity contribution is 0.0966. The maximum atomic E-state index is 13.1. The van der Waals surface area contributed by atoms with E-state index in [1.165, 1.54) is 37.5 Å². The minimum absolute atomic E-state index is 0.0804. The van der Waals surface area contributed by atoms with Gasteiger partial charge in [0.25, 0.3) is 5.91 Å². The van der Waals surface area contributed by atoms with Crippen LogP contribution in [-0.2, 0) is 23.3 Å². The van der Waals surface area contributed by atoms with E-state index in [1.807, 2.05) is 12.1 Å². The normalized spacial score (nSPS) is 16.0. The minimum Gasteiger partial charge on any atom is -0.379 e. The number of nitrogens with one attached hydrogen (secondary N) is 1. The monoisotopic (exact) mass is 569 g/mol. The molecule has 0 spiro atoms. The van der Waals surface area contributed by atoms with Gasteiger partial charge in [0.2, 0.25) is 0 Å². The van der Waals surface area contributed by atoms with Crippen molar-refractivity contribution in [1.82, 2.24) is 14.8 Å². The summed E-state index contributed by atoms with van der Waals surface area (Å²) in [5.41, 5.74) is 3.62. The van der Waals surface area contributed by atoms with Crippen LogP contribution in [0.4, 0.5) is 0 Å². The molecule has 1 amide bonds. The Balaban J connectivity index is 1.45. The highest BCUT2D eigenvalue weighted by Crippen LogP contribution is 2.39. The average Bonchev–Trinajstić information content (AvgIpc) is 3.48. The fraction of sp³-hybridized carbons (Fsp3) is 0.250. The van der Waals surface area contributed by atoms with Crippen molar-refractivity contribution >= 4 is 50.1 Å². The fourth-order valence-corrected chi connectivity index (χ4v) is 7.04. The molecule has 7 nitrogen and oxygen atoms in total. The summed E-state index contributed by atoms with van der Waals surface area (Å²) < 4.78 is 34.0. The van der Waals surface area contributed by atoms with Gasteiger partial charge in [0.05, 0.1) is 28.0 Å². The van der Waals surface area contributed by atoms with E-state index < -0.39 is 10.1 Å². The summed E-state index contributed by atoms with van der Waals surface area (Å²) in [6.07, 6.45) is 3.58. The van der Waals surface area contributed by atoms with Crippen molar-refractivity contribution in [2.24, 2.45) is 0 Å². The van der Waals surface area contributed by atoms with Gasteiger partial charge < -0.3 is 14.1 Å². The molecular formula is C28H25Cl2N3O4S. The van der Waals surface area contributed by atoms with Crippen LogP contribution >= 0.6 is 23.2 Å². The number of halogens is 2. The van der Waals surface area contributed by atoms with E-state index >= 15 is 0 Å². The van der Waals surface area contributed by atoms with Gasteiger partial charge >= 0.3 is 10.1 Å². The second-order valence-electron chi connectivity index (χ2n) is 9.57. The molecule has 0 unspecified atom stereocenters. The first-order valence-corrected chi connectivity index (χ1v) is 14.6. The molecule has 1 fully saturated rings. The number of rotatable bonds is 6. The number of fused-ring (bicyclic) bond motifs is 2. The SMILES string of the molecule is O=C1NCc2c(OS(=O)(=O)c3cccc(Cl)c3Cl)ccc(-c3cc4ccccc4n3CN3CCCCC3)c21. The van der Waals surface area contributed by atoms with Crippen LogP contribution < -0.4 is 9.50 Å². The largest absolute Gasteiger partial charge is 0.379 e. The van der Waals surface area contributed by atoms with Crippen molar-refractivity contribution < 1.29 is 17.4 Å². The first-order chi connectivity index (χ1) is 18.3. The second-order valence-corrected chi connectivity index (χ2v) is 11.9. The summed E-state index contributed by atoms with van der Waals surface area (Å²) >= 11 is 12.2. The van der Waals surface area contributed by atoms with E-state index in [0.717, 1.165) is 35.2 Å². The van der Waals surface area contributed by atoms with Crippen LogP contribution in [0.1, 0.15) is 35.2 Å². The fourth-order valence-electron chi connectivity index (χ4n) is 5.34. The summed E-state index contributed by atoms with van der Waals surface area (Å²) in [4.78, 5) is 15.3. The van der Waals surface area contributed by atoms with Crippen LogP contribution in [0.3, 0.4) is 0 Å². The van der Waals surface area contributed by atoms with Crippen molar-refractivity contribution in [2.75, 3.05) is 13.1 Å². The van der Waals surface area contributed by atoms with E-state index in [9.17, 15) is 13.2 Å². The minimum atomic E-state index is -4.30. The van der Waals surface area contributed by atoms with Gasteiger partial charge in [-0.25, -0.2) is 0 Å². The first-order valence-electron chi connectivity index (χ1n) is 12.5. The van der Waals surface area contributed by atoms with Crippen LogP contribution in [0.2, 0.25) is 10.0 Å². The lowest BCUT2D eigenvalue weighted by Crippen LogP contribution is -2.31. The highest BCUT2D eigenvalue weighted by atomic mass is 35.5. The molecule has 10 heteroatoms. The molecule has 6 rings (SSSR count). The summed E-state index contributed by atoms with van der Waals surface area (Å²) in [5, 5.41) is 3.90. The van der Waals surface area contributed by atoms with Gasteiger partial charge in [-0.1, -0.05) is 53.9 Å². The molecule has 0 aliphatic carbocycles. The third-order valence-electron chi connectivity index (χ3n) is 7.18. The van der Waals surface area contributed by atoms with Crippen molar-refractivity contribution in [3.8, 4) is 17.0 Å². The Morgan fingerprint density at radius 1 is 0.947 bits per heavy atom. The van der Waals surface area contributed by atoms with Gasteiger partial charge in [-0.15, -0.1) is 0 Å². The third kappa shape index (κ3) is 4.45. The Bertz CT molecular complexity index is 1680. The Kier molecular flexibility index (Phi) is 6.60. The number of carbonyl (C=O) groups is 1. The van der Waals surface area contributed by atoms with Gasteiger partial charge in [-0.2, -0.15) is 8.42 Å². The molecule has 1 saturated heterocycles. The van der Waals surface area contributed by atoms with E-state index in [1.54, 1.807) is 12.1 Å². The van der Waals surface area contributed by atoms with E-state index in [4.69, 9.17) is 27.4 Å². The molecule has 0 atom stereocenters. The lowest BCUT2D eigenvalue weighted by Gasteiger charge is -2.28. The number of aromatic nitrogens is 1. The van der Waals surface area contributed by atoms with Crippen LogP contribution in [0.5, 0.6) is 5.75 Å². The molecule has 0 bridgehead atoms. The molecule has 2 aliphatic rings. The number of likely N-dealkylation sites (tertiary alicyclic amines) is 1. The summed E-state index contributed by atoms with van der Waals surface area (Å²) in [6.45, 7) is 2.92. The zero-order valence-corrected chi connectivity index (χ0v) is 22.7. The number of hydrogen-bond acceptors (Lipinski definition) is 5. The number of piperidine rings is 1. The molecular weight excluding hydrogens is 545 g/mol. The van der Waals surface area contributed by atoms with E-state index in [0.29, 0.717) is 17.8 Å². The van der Waals surface area contributed by atoms with Crippen LogP contribution in [0.25, 0.3) is 22.2 Å². The predicted octanol–water partition coefficient (Wildman–Crippen LogP) is 6.07. The molecule has 38 heavy (non-hydrogen) atoms. The van der Waals surface area contributed by atoms with Crippen molar-refractivity contribution in [2.45, 2.75) is 37.4 Å². The van der Waals surface area contributed by atoms with E-state index in [-0.39, 0.29) is 33.1 Å². The summed E-state index contributed by atoms with van der Waals surface area (Å²) in [7, 11) is -4.30. The van der Waals surface area contributed by atoms with E-state index in [2.05, 4.69) is 33.0 Å².